The van der Waals surface area contributed by atoms with Crippen molar-refractivity contribution in [2.75, 3.05) is 26.7 Å². The van der Waals surface area contributed by atoms with Gasteiger partial charge in [0.05, 0.1) is 13.2 Å². The Bertz CT molecular complexity index is 452. The first-order valence-electron chi connectivity index (χ1n) is 5.30. The van der Waals surface area contributed by atoms with E-state index in [-0.39, 0.29) is 5.91 Å². The standard InChI is InChI=1S/C11H13N3O2S/c1-16-9-2-5-17-10(9)11(15)14-4-3-13-7-8(14)6-12/h2,5,8,13H,3-4,7H2,1H3. The van der Waals surface area contributed by atoms with Gasteiger partial charge in [-0.3, -0.25) is 4.79 Å². The van der Waals surface area contributed by atoms with Crippen LogP contribution in [0.3, 0.4) is 0 Å². The van der Waals surface area contributed by atoms with Gasteiger partial charge in [0.15, 0.2) is 0 Å². The minimum atomic E-state index is -0.400. The van der Waals surface area contributed by atoms with Crippen molar-refractivity contribution in [1.29, 1.82) is 5.26 Å². The van der Waals surface area contributed by atoms with Crippen LogP contribution < -0.4 is 10.1 Å². The predicted molar refractivity (Wildman–Crippen MR) is 64.2 cm³/mol. The Morgan fingerprint density at radius 1 is 1.76 bits per heavy atom. The second-order valence-electron chi connectivity index (χ2n) is 3.67. The Hall–Kier alpha value is -1.58. The van der Waals surface area contributed by atoms with E-state index in [1.807, 2.05) is 5.38 Å². The molecule has 0 radical (unpaired) electrons. The van der Waals surface area contributed by atoms with Crippen molar-refractivity contribution in [3.63, 3.8) is 0 Å². The molecule has 0 saturated carbocycles. The molecule has 0 spiro atoms. The Labute approximate surface area is 104 Å². The molecule has 1 aromatic rings. The summed E-state index contributed by atoms with van der Waals surface area (Å²) in [4.78, 5) is 14.5. The van der Waals surface area contributed by atoms with Gasteiger partial charge in [-0.2, -0.15) is 5.26 Å². The molecule has 1 saturated heterocycles. The second kappa shape index (κ2) is 5.17. The molecule has 1 aliphatic rings. The van der Waals surface area contributed by atoms with Crippen molar-refractivity contribution in [2.45, 2.75) is 6.04 Å². The summed E-state index contributed by atoms with van der Waals surface area (Å²) in [5.41, 5.74) is 0. The number of carbonyl (C=O) groups excluding carboxylic acids is 1. The number of amides is 1. The molecule has 0 aliphatic carbocycles. The van der Waals surface area contributed by atoms with E-state index in [9.17, 15) is 4.79 Å². The van der Waals surface area contributed by atoms with Gasteiger partial charge in [0.2, 0.25) is 0 Å². The molecular formula is C11H13N3O2S. The van der Waals surface area contributed by atoms with E-state index in [1.54, 1.807) is 18.1 Å². The number of hydrogen-bond acceptors (Lipinski definition) is 5. The Balaban J connectivity index is 2.22. The molecule has 1 N–H and O–H groups in total. The quantitative estimate of drug-likeness (QED) is 0.840. The fraction of sp³-hybridized carbons (Fsp3) is 0.455. The average molecular weight is 251 g/mol. The topological polar surface area (TPSA) is 65.4 Å². The van der Waals surface area contributed by atoms with Crippen LogP contribution in [0.5, 0.6) is 5.75 Å². The molecule has 90 valence electrons. The molecule has 1 aromatic heterocycles. The van der Waals surface area contributed by atoms with Gasteiger partial charge >= 0.3 is 0 Å². The van der Waals surface area contributed by atoms with E-state index in [0.29, 0.717) is 23.7 Å². The summed E-state index contributed by atoms with van der Waals surface area (Å²) in [6.07, 6.45) is 0. The van der Waals surface area contributed by atoms with Gasteiger partial charge in [-0.1, -0.05) is 0 Å². The summed E-state index contributed by atoms with van der Waals surface area (Å²) >= 11 is 1.34. The summed E-state index contributed by atoms with van der Waals surface area (Å²) < 4.78 is 5.13. The first-order valence-corrected chi connectivity index (χ1v) is 6.18. The Morgan fingerprint density at radius 2 is 2.59 bits per heavy atom. The van der Waals surface area contributed by atoms with Gasteiger partial charge < -0.3 is 15.0 Å². The van der Waals surface area contributed by atoms with Crippen molar-refractivity contribution in [1.82, 2.24) is 10.2 Å². The number of thiophene rings is 1. The zero-order valence-electron chi connectivity index (χ0n) is 9.47. The van der Waals surface area contributed by atoms with E-state index in [4.69, 9.17) is 10.00 Å². The number of nitrogens with zero attached hydrogens (tertiary/aromatic N) is 2. The van der Waals surface area contributed by atoms with Crippen LogP contribution in [0.15, 0.2) is 11.4 Å². The molecule has 2 rings (SSSR count). The Morgan fingerprint density at radius 3 is 3.29 bits per heavy atom. The summed E-state index contributed by atoms with van der Waals surface area (Å²) in [6.45, 7) is 1.80. The molecule has 1 atom stereocenters. The van der Waals surface area contributed by atoms with E-state index in [2.05, 4.69) is 11.4 Å². The van der Waals surface area contributed by atoms with E-state index >= 15 is 0 Å². The maximum atomic E-state index is 12.3. The predicted octanol–water partition coefficient (Wildman–Crippen LogP) is 0.694. The zero-order chi connectivity index (χ0) is 12.3. The lowest BCUT2D eigenvalue weighted by atomic mass is 10.2. The molecule has 17 heavy (non-hydrogen) atoms. The number of carbonyl (C=O) groups is 1. The van der Waals surface area contributed by atoms with Gasteiger partial charge in [-0.25, -0.2) is 0 Å². The SMILES string of the molecule is COc1ccsc1C(=O)N1CCNCC1C#N. The molecule has 6 heteroatoms. The van der Waals surface area contributed by atoms with Crippen LogP contribution in [0, 0.1) is 11.3 Å². The maximum Gasteiger partial charge on any atom is 0.268 e. The number of hydrogen-bond donors (Lipinski definition) is 1. The molecule has 0 bridgehead atoms. The van der Waals surface area contributed by atoms with E-state index in [1.165, 1.54) is 11.3 Å². The third-order valence-corrected chi connectivity index (χ3v) is 3.58. The monoisotopic (exact) mass is 251 g/mol. The smallest absolute Gasteiger partial charge is 0.268 e. The summed E-state index contributed by atoms with van der Waals surface area (Å²) in [7, 11) is 1.54. The molecule has 2 heterocycles. The lowest BCUT2D eigenvalue weighted by Gasteiger charge is -2.31. The maximum absolute atomic E-state index is 12.3. The lowest BCUT2D eigenvalue weighted by Crippen LogP contribution is -2.52. The number of methoxy groups -OCH3 is 1. The van der Waals surface area contributed by atoms with Crippen LogP contribution in [-0.2, 0) is 0 Å². The highest BCUT2D eigenvalue weighted by Gasteiger charge is 2.29. The van der Waals surface area contributed by atoms with E-state index < -0.39 is 6.04 Å². The normalized spacial score (nSPS) is 19.8. The van der Waals surface area contributed by atoms with Crippen LogP contribution in [0.4, 0.5) is 0 Å². The number of nitriles is 1. The van der Waals surface area contributed by atoms with E-state index in [0.717, 1.165) is 6.54 Å². The van der Waals surface area contributed by atoms with Crippen molar-refractivity contribution in [3.8, 4) is 11.8 Å². The average Bonchev–Trinajstić information content (AvgIpc) is 2.86. The highest BCUT2D eigenvalue weighted by Crippen LogP contribution is 2.26. The molecular weight excluding hydrogens is 238 g/mol. The van der Waals surface area contributed by atoms with Crippen molar-refractivity contribution < 1.29 is 9.53 Å². The van der Waals surface area contributed by atoms with Gasteiger partial charge in [-0.15, -0.1) is 11.3 Å². The van der Waals surface area contributed by atoms with Gasteiger partial charge in [-0.05, 0) is 11.4 Å². The molecule has 1 unspecified atom stereocenters. The summed E-state index contributed by atoms with van der Waals surface area (Å²) in [6, 6.07) is 3.51. The minimum absolute atomic E-state index is 0.120. The number of piperazine rings is 1. The molecule has 1 fully saturated rings. The fourth-order valence-corrected chi connectivity index (χ4v) is 2.62. The van der Waals surface area contributed by atoms with Gasteiger partial charge in [0.1, 0.15) is 16.7 Å². The summed E-state index contributed by atoms with van der Waals surface area (Å²) in [5, 5.41) is 13.9. The lowest BCUT2D eigenvalue weighted by molar-refractivity contribution is 0.0689. The number of nitrogens with one attached hydrogen (secondary N) is 1. The van der Waals surface area contributed by atoms with Crippen LogP contribution >= 0.6 is 11.3 Å². The summed E-state index contributed by atoms with van der Waals surface area (Å²) in [5.74, 6) is 0.458. The number of ether oxygens (including phenoxy) is 1. The van der Waals surface area contributed by atoms with Crippen LogP contribution in [0.1, 0.15) is 9.67 Å². The third kappa shape index (κ3) is 2.25. The second-order valence-corrected chi connectivity index (χ2v) is 4.58. The highest BCUT2D eigenvalue weighted by molar-refractivity contribution is 7.12. The van der Waals surface area contributed by atoms with Gasteiger partial charge in [0, 0.05) is 19.6 Å². The molecule has 1 aliphatic heterocycles. The van der Waals surface area contributed by atoms with Crippen LogP contribution in [-0.4, -0.2) is 43.6 Å². The fourth-order valence-electron chi connectivity index (χ4n) is 1.81. The third-order valence-electron chi connectivity index (χ3n) is 2.70. The van der Waals surface area contributed by atoms with Crippen molar-refractivity contribution in [3.05, 3.63) is 16.3 Å². The largest absolute Gasteiger partial charge is 0.495 e. The zero-order valence-corrected chi connectivity index (χ0v) is 10.3. The van der Waals surface area contributed by atoms with Crippen molar-refractivity contribution in [2.24, 2.45) is 0 Å². The minimum Gasteiger partial charge on any atom is -0.495 e. The first kappa shape index (κ1) is 11.9. The molecule has 5 nitrogen and oxygen atoms in total. The highest BCUT2D eigenvalue weighted by atomic mass is 32.1. The van der Waals surface area contributed by atoms with Crippen LogP contribution in [0.2, 0.25) is 0 Å². The molecule has 1 amide bonds. The van der Waals surface area contributed by atoms with Gasteiger partial charge in [0.25, 0.3) is 5.91 Å². The molecule has 0 aromatic carbocycles. The van der Waals surface area contributed by atoms with Crippen molar-refractivity contribution >= 4 is 17.2 Å². The Kier molecular flexibility index (Phi) is 3.61. The van der Waals surface area contributed by atoms with Crippen LogP contribution in [0.25, 0.3) is 0 Å². The first-order chi connectivity index (χ1) is 8.27. The number of rotatable bonds is 2.